The van der Waals surface area contributed by atoms with Crippen LogP contribution in [0.4, 0.5) is 0 Å². The summed E-state index contributed by atoms with van der Waals surface area (Å²) in [5.41, 5.74) is 0. The van der Waals surface area contributed by atoms with Crippen LogP contribution in [-0.4, -0.2) is 35.0 Å². The van der Waals surface area contributed by atoms with Crippen LogP contribution in [0.25, 0.3) is 0 Å². The van der Waals surface area contributed by atoms with Gasteiger partial charge < -0.3 is 10.6 Å². The van der Waals surface area contributed by atoms with Gasteiger partial charge in [0.2, 0.25) is 5.91 Å². The van der Waals surface area contributed by atoms with Crippen molar-refractivity contribution in [2.45, 2.75) is 83.2 Å². The Hall–Kier alpha value is -0.220. The highest BCUT2D eigenvalue weighted by molar-refractivity contribution is 7.99. The first-order chi connectivity index (χ1) is 9.12. The third-order valence-electron chi connectivity index (χ3n) is 4.02. The number of thioether (sulfide) groups is 1. The van der Waals surface area contributed by atoms with Crippen LogP contribution in [0.1, 0.15) is 59.8 Å². The molecule has 0 aliphatic heterocycles. The maximum absolute atomic E-state index is 12.1. The van der Waals surface area contributed by atoms with Crippen LogP contribution in [0, 0.1) is 0 Å². The quantitative estimate of drug-likeness (QED) is 0.721. The van der Waals surface area contributed by atoms with Gasteiger partial charge in [0, 0.05) is 17.3 Å². The van der Waals surface area contributed by atoms with E-state index in [1.54, 1.807) is 0 Å². The van der Waals surface area contributed by atoms with Gasteiger partial charge in [-0.3, -0.25) is 4.79 Å². The number of rotatable bonds is 8. The maximum Gasteiger partial charge on any atom is 0.237 e. The Kier molecular flexibility index (Phi) is 7.84. The van der Waals surface area contributed by atoms with Crippen LogP contribution >= 0.6 is 11.8 Å². The van der Waals surface area contributed by atoms with Gasteiger partial charge in [-0.2, -0.15) is 11.8 Å². The molecule has 3 atom stereocenters. The standard InChI is InChI=1S/C15H30N2OS/c1-5-12(6-2)17-15(18)11(4)16-13-9-8-10-14(13)19-7-3/h11-14,16H,5-10H2,1-4H3,(H,17,18). The van der Waals surface area contributed by atoms with Gasteiger partial charge in [0.1, 0.15) is 0 Å². The van der Waals surface area contributed by atoms with Crippen LogP contribution in [0.15, 0.2) is 0 Å². The summed E-state index contributed by atoms with van der Waals surface area (Å²) >= 11 is 2.03. The summed E-state index contributed by atoms with van der Waals surface area (Å²) in [5, 5.41) is 7.35. The van der Waals surface area contributed by atoms with Gasteiger partial charge in [-0.25, -0.2) is 0 Å². The molecule has 0 saturated heterocycles. The Bertz CT molecular complexity index is 269. The fraction of sp³-hybridized carbons (Fsp3) is 0.933. The second-order valence-corrected chi connectivity index (χ2v) is 6.96. The van der Waals surface area contributed by atoms with Gasteiger partial charge in [-0.1, -0.05) is 27.2 Å². The minimum atomic E-state index is -0.0799. The van der Waals surface area contributed by atoms with Gasteiger partial charge in [0.15, 0.2) is 0 Å². The molecule has 0 bridgehead atoms. The normalized spacial score (nSPS) is 24.7. The molecule has 0 aromatic heterocycles. The topological polar surface area (TPSA) is 41.1 Å². The van der Waals surface area contributed by atoms with Crippen LogP contribution in [0.3, 0.4) is 0 Å². The van der Waals surface area contributed by atoms with Gasteiger partial charge in [0.05, 0.1) is 6.04 Å². The fourth-order valence-electron chi connectivity index (χ4n) is 2.75. The van der Waals surface area contributed by atoms with E-state index in [0.717, 1.165) is 18.6 Å². The first kappa shape index (κ1) is 16.8. The smallest absolute Gasteiger partial charge is 0.237 e. The average molecular weight is 286 g/mol. The summed E-state index contributed by atoms with van der Waals surface area (Å²) in [6, 6.07) is 0.747. The molecule has 19 heavy (non-hydrogen) atoms. The van der Waals surface area contributed by atoms with E-state index < -0.39 is 0 Å². The van der Waals surface area contributed by atoms with Crippen LogP contribution in [0.2, 0.25) is 0 Å². The molecule has 1 aliphatic rings. The molecule has 1 fully saturated rings. The average Bonchev–Trinajstić information content (AvgIpc) is 2.83. The second kappa shape index (κ2) is 8.85. The molecule has 2 N–H and O–H groups in total. The lowest BCUT2D eigenvalue weighted by Crippen LogP contribution is -2.50. The first-order valence-electron chi connectivity index (χ1n) is 7.80. The van der Waals surface area contributed by atoms with Crippen molar-refractivity contribution in [3.05, 3.63) is 0 Å². The van der Waals surface area contributed by atoms with Crippen LogP contribution in [0.5, 0.6) is 0 Å². The summed E-state index contributed by atoms with van der Waals surface area (Å²) < 4.78 is 0. The molecular formula is C15H30N2OS. The van der Waals surface area contributed by atoms with Crippen molar-refractivity contribution in [3.63, 3.8) is 0 Å². The Balaban J connectivity index is 2.40. The number of carbonyl (C=O) groups excluding carboxylic acids is 1. The monoisotopic (exact) mass is 286 g/mol. The molecule has 0 aromatic carbocycles. The Morgan fingerprint density at radius 2 is 1.95 bits per heavy atom. The van der Waals surface area contributed by atoms with Crippen molar-refractivity contribution in [1.82, 2.24) is 10.6 Å². The lowest BCUT2D eigenvalue weighted by molar-refractivity contribution is -0.123. The van der Waals surface area contributed by atoms with E-state index in [0.29, 0.717) is 17.3 Å². The highest BCUT2D eigenvalue weighted by Crippen LogP contribution is 2.30. The molecule has 4 heteroatoms. The molecule has 0 spiro atoms. The fourth-order valence-corrected chi connectivity index (χ4v) is 3.95. The third kappa shape index (κ3) is 5.35. The van der Waals surface area contributed by atoms with Crippen molar-refractivity contribution < 1.29 is 4.79 Å². The maximum atomic E-state index is 12.1. The highest BCUT2D eigenvalue weighted by Gasteiger charge is 2.29. The van der Waals surface area contributed by atoms with E-state index in [1.807, 2.05) is 18.7 Å². The number of hydrogen-bond acceptors (Lipinski definition) is 3. The van der Waals surface area contributed by atoms with Crippen LogP contribution in [-0.2, 0) is 4.79 Å². The van der Waals surface area contributed by atoms with E-state index in [2.05, 4.69) is 31.4 Å². The zero-order valence-corrected chi connectivity index (χ0v) is 13.7. The van der Waals surface area contributed by atoms with Crippen LogP contribution < -0.4 is 10.6 Å². The minimum Gasteiger partial charge on any atom is -0.352 e. The van der Waals surface area contributed by atoms with Gasteiger partial charge >= 0.3 is 0 Å². The molecule has 3 nitrogen and oxygen atoms in total. The summed E-state index contributed by atoms with van der Waals surface area (Å²) in [4.78, 5) is 12.1. The van der Waals surface area contributed by atoms with Crippen molar-refractivity contribution in [2.24, 2.45) is 0 Å². The van der Waals surface area contributed by atoms with Gasteiger partial charge in [0.25, 0.3) is 0 Å². The zero-order valence-electron chi connectivity index (χ0n) is 12.9. The molecule has 0 aromatic rings. The molecule has 1 saturated carbocycles. The van der Waals surface area contributed by atoms with Gasteiger partial charge in [-0.05, 0) is 38.4 Å². The third-order valence-corrected chi connectivity index (χ3v) is 5.35. The van der Waals surface area contributed by atoms with E-state index >= 15 is 0 Å². The van der Waals surface area contributed by atoms with Crippen molar-refractivity contribution >= 4 is 17.7 Å². The Labute approximate surface area is 122 Å². The number of carbonyl (C=O) groups is 1. The molecule has 0 heterocycles. The summed E-state index contributed by atoms with van der Waals surface area (Å²) in [6.07, 6.45) is 5.80. The van der Waals surface area contributed by atoms with Crippen molar-refractivity contribution in [1.29, 1.82) is 0 Å². The summed E-state index contributed by atoms with van der Waals surface area (Å²) in [5.74, 6) is 1.32. The molecular weight excluding hydrogens is 256 g/mol. The Morgan fingerprint density at radius 3 is 2.53 bits per heavy atom. The lowest BCUT2D eigenvalue weighted by atomic mass is 10.1. The van der Waals surface area contributed by atoms with E-state index in [9.17, 15) is 4.79 Å². The lowest BCUT2D eigenvalue weighted by Gasteiger charge is -2.25. The summed E-state index contributed by atoms with van der Waals surface area (Å²) in [7, 11) is 0. The Morgan fingerprint density at radius 1 is 1.26 bits per heavy atom. The molecule has 0 radical (unpaired) electrons. The number of nitrogens with one attached hydrogen (secondary N) is 2. The number of hydrogen-bond donors (Lipinski definition) is 2. The van der Waals surface area contributed by atoms with Crippen molar-refractivity contribution in [3.8, 4) is 0 Å². The van der Waals surface area contributed by atoms with E-state index in [1.165, 1.54) is 19.3 Å². The largest absolute Gasteiger partial charge is 0.352 e. The van der Waals surface area contributed by atoms with Crippen molar-refractivity contribution in [2.75, 3.05) is 5.75 Å². The van der Waals surface area contributed by atoms with E-state index in [-0.39, 0.29) is 11.9 Å². The minimum absolute atomic E-state index is 0.0799. The predicted octanol–water partition coefficient (Wildman–Crippen LogP) is 2.94. The summed E-state index contributed by atoms with van der Waals surface area (Å²) in [6.45, 7) is 8.45. The molecule has 112 valence electrons. The number of amides is 1. The molecule has 1 amide bonds. The van der Waals surface area contributed by atoms with E-state index in [4.69, 9.17) is 0 Å². The SMILES string of the molecule is CCSC1CCCC1NC(C)C(=O)NC(CC)CC. The predicted molar refractivity (Wildman–Crippen MR) is 84.7 cm³/mol. The molecule has 1 rings (SSSR count). The highest BCUT2D eigenvalue weighted by atomic mass is 32.2. The zero-order chi connectivity index (χ0) is 14.3. The molecule has 3 unspecified atom stereocenters. The second-order valence-electron chi connectivity index (χ2n) is 5.44. The first-order valence-corrected chi connectivity index (χ1v) is 8.85. The van der Waals surface area contributed by atoms with Gasteiger partial charge in [-0.15, -0.1) is 0 Å². The molecule has 1 aliphatic carbocycles.